The fourth-order valence-electron chi connectivity index (χ4n) is 3.61. The first-order valence-electron chi connectivity index (χ1n) is 9.92. The Bertz CT molecular complexity index is 982. The van der Waals surface area contributed by atoms with Crippen molar-refractivity contribution in [3.05, 3.63) is 42.6 Å². The van der Waals surface area contributed by atoms with Gasteiger partial charge in [-0.25, -0.2) is 15.0 Å². The van der Waals surface area contributed by atoms with Crippen LogP contribution in [0.5, 0.6) is 5.88 Å². The molecule has 0 atom stereocenters. The smallest absolute Gasteiger partial charge is 0.224 e. The predicted octanol–water partition coefficient (Wildman–Crippen LogP) is 2.84. The van der Waals surface area contributed by atoms with E-state index in [-0.39, 0.29) is 0 Å². The minimum Gasteiger partial charge on any atom is -0.477 e. The Morgan fingerprint density at radius 3 is 2.64 bits per heavy atom. The van der Waals surface area contributed by atoms with Gasteiger partial charge in [-0.1, -0.05) is 0 Å². The van der Waals surface area contributed by atoms with Crippen molar-refractivity contribution in [1.82, 2.24) is 19.9 Å². The molecular weight excluding hydrogens is 352 g/mol. The molecular formula is C21H24N6O. The SMILES string of the molecule is Cc1cncc(N2CCN(c3ccc4ncnc(OCC5CC5)c4c3)CC2)n1. The second-order valence-corrected chi connectivity index (χ2v) is 7.63. The molecule has 1 aliphatic heterocycles. The zero-order valence-electron chi connectivity index (χ0n) is 16.1. The van der Waals surface area contributed by atoms with Gasteiger partial charge < -0.3 is 14.5 Å². The molecule has 0 spiro atoms. The van der Waals surface area contributed by atoms with E-state index >= 15 is 0 Å². The van der Waals surface area contributed by atoms with E-state index in [1.54, 1.807) is 12.5 Å². The predicted molar refractivity (Wildman–Crippen MR) is 109 cm³/mol. The summed E-state index contributed by atoms with van der Waals surface area (Å²) in [6.07, 6.45) is 7.76. The first-order valence-corrected chi connectivity index (χ1v) is 9.92. The van der Waals surface area contributed by atoms with Crippen LogP contribution in [0, 0.1) is 12.8 Å². The third-order valence-corrected chi connectivity index (χ3v) is 5.45. The molecule has 0 amide bonds. The molecule has 0 N–H and O–H groups in total. The van der Waals surface area contributed by atoms with Gasteiger partial charge >= 0.3 is 0 Å². The lowest BCUT2D eigenvalue weighted by Crippen LogP contribution is -2.46. The van der Waals surface area contributed by atoms with Gasteiger partial charge in [0.1, 0.15) is 12.1 Å². The number of aryl methyl sites for hydroxylation is 1. The first kappa shape index (κ1) is 17.2. The van der Waals surface area contributed by atoms with Crippen LogP contribution in [-0.4, -0.2) is 52.7 Å². The Balaban J connectivity index is 1.32. The molecule has 0 bridgehead atoms. The van der Waals surface area contributed by atoms with Crippen molar-refractivity contribution in [2.24, 2.45) is 5.92 Å². The quantitative estimate of drug-likeness (QED) is 0.678. The fraction of sp³-hybridized carbons (Fsp3) is 0.429. The molecule has 2 aliphatic rings. The molecule has 0 unspecified atom stereocenters. The van der Waals surface area contributed by atoms with Crippen molar-refractivity contribution in [3.8, 4) is 5.88 Å². The van der Waals surface area contributed by atoms with E-state index in [1.807, 2.05) is 13.1 Å². The van der Waals surface area contributed by atoms with Crippen LogP contribution in [0.2, 0.25) is 0 Å². The highest BCUT2D eigenvalue weighted by atomic mass is 16.5. The number of anilines is 2. The van der Waals surface area contributed by atoms with Crippen LogP contribution in [0.25, 0.3) is 10.9 Å². The van der Waals surface area contributed by atoms with Gasteiger partial charge in [-0.2, -0.15) is 0 Å². The second-order valence-electron chi connectivity index (χ2n) is 7.63. The first-order chi connectivity index (χ1) is 13.8. The van der Waals surface area contributed by atoms with Crippen molar-refractivity contribution in [2.45, 2.75) is 19.8 Å². The lowest BCUT2D eigenvalue weighted by atomic mass is 10.2. The summed E-state index contributed by atoms with van der Waals surface area (Å²) in [4.78, 5) is 22.3. The van der Waals surface area contributed by atoms with Gasteiger partial charge in [-0.15, -0.1) is 0 Å². The lowest BCUT2D eigenvalue weighted by Gasteiger charge is -2.36. The number of nitrogens with zero attached hydrogens (tertiary/aromatic N) is 6. The Labute approximate surface area is 164 Å². The van der Waals surface area contributed by atoms with Gasteiger partial charge in [0.2, 0.25) is 5.88 Å². The number of benzene rings is 1. The Morgan fingerprint density at radius 1 is 1.04 bits per heavy atom. The van der Waals surface area contributed by atoms with Crippen LogP contribution in [-0.2, 0) is 0 Å². The van der Waals surface area contributed by atoms with Crippen molar-refractivity contribution in [3.63, 3.8) is 0 Å². The van der Waals surface area contributed by atoms with Crippen LogP contribution < -0.4 is 14.5 Å². The monoisotopic (exact) mass is 376 g/mol. The van der Waals surface area contributed by atoms with E-state index in [9.17, 15) is 0 Å². The third-order valence-electron chi connectivity index (χ3n) is 5.45. The van der Waals surface area contributed by atoms with E-state index in [1.165, 1.54) is 18.5 Å². The van der Waals surface area contributed by atoms with Crippen LogP contribution in [0.3, 0.4) is 0 Å². The molecule has 2 fully saturated rings. The lowest BCUT2D eigenvalue weighted by molar-refractivity contribution is 0.292. The summed E-state index contributed by atoms with van der Waals surface area (Å²) in [5.41, 5.74) is 3.07. The Hall–Kier alpha value is -2.96. The van der Waals surface area contributed by atoms with Gasteiger partial charge in [-0.3, -0.25) is 4.98 Å². The highest BCUT2D eigenvalue weighted by molar-refractivity contribution is 5.86. The molecule has 5 rings (SSSR count). The summed E-state index contributed by atoms with van der Waals surface area (Å²) in [5.74, 6) is 2.36. The maximum absolute atomic E-state index is 5.98. The van der Waals surface area contributed by atoms with Gasteiger partial charge in [0.05, 0.1) is 29.4 Å². The molecule has 0 radical (unpaired) electrons. The number of ether oxygens (including phenoxy) is 1. The molecule has 1 saturated carbocycles. The second kappa shape index (κ2) is 7.22. The van der Waals surface area contributed by atoms with E-state index < -0.39 is 0 Å². The number of hydrogen-bond donors (Lipinski definition) is 0. The summed E-state index contributed by atoms with van der Waals surface area (Å²) in [5, 5.41) is 0.993. The summed E-state index contributed by atoms with van der Waals surface area (Å²) < 4.78 is 5.98. The minimum atomic E-state index is 0.700. The van der Waals surface area contributed by atoms with Crippen molar-refractivity contribution < 1.29 is 4.74 Å². The normalized spacial score (nSPS) is 17.2. The van der Waals surface area contributed by atoms with Crippen LogP contribution in [0.1, 0.15) is 18.5 Å². The summed E-state index contributed by atoms with van der Waals surface area (Å²) >= 11 is 0. The molecule has 1 aliphatic carbocycles. The van der Waals surface area contributed by atoms with Crippen LogP contribution >= 0.6 is 0 Å². The van der Waals surface area contributed by atoms with E-state index in [0.717, 1.165) is 55.2 Å². The average molecular weight is 376 g/mol. The largest absolute Gasteiger partial charge is 0.477 e. The Morgan fingerprint density at radius 2 is 1.86 bits per heavy atom. The molecule has 7 nitrogen and oxygen atoms in total. The van der Waals surface area contributed by atoms with E-state index in [2.05, 4.69) is 47.9 Å². The molecule has 3 heterocycles. The van der Waals surface area contributed by atoms with Crippen molar-refractivity contribution in [1.29, 1.82) is 0 Å². The van der Waals surface area contributed by atoms with Crippen LogP contribution in [0.4, 0.5) is 11.5 Å². The van der Waals surface area contributed by atoms with Crippen molar-refractivity contribution in [2.75, 3.05) is 42.6 Å². The number of rotatable bonds is 5. The topological polar surface area (TPSA) is 67.3 Å². The molecule has 1 saturated heterocycles. The van der Waals surface area contributed by atoms with E-state index in [4.69, 9.17) is 4.74 Å². The maximum Gasteiger partial charge on any atom is 0.224 e. The summed E-state index contributed by atoms with van der Waals surface area (Å²) in [7, 11) is 0. The summed E-state index contributed by atoms with van der Waals surface area (Å²) in [6.45, 7) is 6.46. The third kappa shape index (κ3) is 3.56. The molecule has 144 valence electrons. The highest BCUT2D eigenvalue weighted by Gasteiger charge is 2.23. The zero-order chi connectivity index (χ0) is 18.9. The molecule has 2 aromatic heterocycles. The number of fused-ring (bicyclic) bond motifs is 1. The van der Waals surface area contributed by atoms with Gasteiger partial charge in [0.15, 0.2) is 0 Å². The van der Waals surface area contributed by atoms with E-state index in [0.29, 0.717) is 11.8 Å². The minimum absolute atomic E-state index is 0.700. The zero-order valence-corrected chi connectivity index (χ0v) is 16.1. The molecule has 3 aromatic rings. The van der Waals surface area contributed by atoms with Gasteiger partial charge in [-0.05, 0) is 43.9 Å². The number of piperazine rings is 1. The molecule has 1 aromatic carbocycles. The maximum atomic E-state index is 5.98. The number of aromatic nitrogens is 4. The van der Waals surface area contributed by atoms with Gasteiger partial charge in [0, 0.05) is 38.1 Å². The average Bonchev–Trinajstić information content (AvgIpc) is 3.56. The van der Waals surface area contributed by atoms with Crippen molar-refractivity contribution >= 4 is 22.4 Å². The van der Waals surface area contributed by atoms with Gasteiger partial charge in [0.25, 0.3) is 0 Å². The standard InChI is InChI=1S/C21H24N6O/c1-15-11-22-12-20(25-15)27-8-6-26(7-9-27)17-4-5-19-18(10-17)21(24-14-23-19)28-13-16-2-3-16/h4-5,10-12,14,16H,2-3,6-9,13H2,1H3. The Kier molecular flexibility index (Phi) is 4.43. The summed E-state index contributed by atoms with van der Waals surface area (Å²) in [6, 6.07) is 6.37. The highest BCUT2D eigenvalue weighted by Crippen LogP contribution is 2.32. The molecule has 28 heavy (non-hydrogen) atoms. The fourth-order valence-corrected chi connectivity index (χ4v) is 3.61. The molecule has 7 heteroatoms. The van der Waals surface area contributed by atoms with Crippen LogP contribution in [0.15, 0.2) is 36.9 Å². The number of hydrogen-bond acceptors (Lipinski definition) is 7.